The Balaban J connectivity index is 2.13. The Bertz CT molecular complexity index is 190. The quantitative estimate of drug-likeness (QED) is 0.722. The molecule has 1 unspecified atom stereocenters. The van der Waals surface area contributed by atoms with E-state index in [2.05, 4.69) is 45.0 Å². The van der Waals surface area contributed by atoms with Crippen LogP contribution >= 0.6 is 0 Å². The van der Waals surface area contributed by atoms with Gasteiger partial charge in [0.2, 0.25) is 0 Å². The van der Waals surface area contributed by atoms with Crippen LogP contribution in [0.1, 0.15) is 27.7 Å². The molecule has 3 nitrogen and oxygen atoms in total. The standard InChI is InChI=1S/C12H26N2O/c1-10(2)11(3)14(5)6-7-15-12(4)8-13-9-12/h10-11,13H,6-9H2,1-5H3. The summed E-state index contributed by atoms with van der Waals surface area (Å²) in [7, 11) is 2.18. The van der Waals surface area contributed by atoms with Gasteiger partial charge in [-0.3, -0.25) is 0 Å². The van der Waals surface area contributed by atoms with Crippen molar-refractivity contribution in [3.8, 4) is 0 Å². The Morgan fingerprint density at radius 2 is 1.93 bits per heavy atom. The van der Waals surface area contributed by atoms with E-state index in [1.807, 2.05) is 0 Å². The molecule has 1 N–H and O–H groups in total. The third kappa shape index (κ3) is 3.74. The minimum Gasteiger partial charge on any atom is -0.371 e. The predicted octanol–water partition coefficient (Wildman–Crippen LogP) is 1.34. The van der Waals surface area contributed by atoms with Gasteiger partial charge in [-0.25, -0.2) is 0 Å². The topological polar surface area (TPSA) is 24.5 Å². The van der Waals surface area contributed by atoms with Gasteiger partial charge in [0.25, 0.3) is 0 Å². The van der Waals surface area contributed by atoms with Crippen LogP contribution in [0.3, 0.4) is 0 Å². The highest BCUT2D eigenvalue weighted by Crippen LogP contribution is 2.15. The average molecular weight is 214 g/mol. The molecule has 0 aromatic rings. The van der Waals surface area contributed by atoms with E-state index in [0.29, 0.717) is 12.0 Å². The fourth-order valence-corrected chi connectivity index (χ4v) is 1.73. The van der Waals surface area contributed by atoms with Gasteiger partial charge in [-0.05, 0) is 26.8 Å². The van der Waals surface area contributed by atoms with Crippen molar-refractivity contribution in [3.63, 3.8) is 0 Å². The van der Waals surface area contributed by atoms with Crippen molar-refractivity contribution in [2.24, 2.45) is 5.92 Å². The molecule has 0 spiro atoms. The molecule has 0 aliphatic carbocycles. The highest BCUT2D eigenvalue weighted by molar-refractivity contribution is 4.90. The Morgan fingerprint density at radius 1 is 1.33 bits per heavy atom. The van der Waals surface area contributed by atoms with Crippen LogP contribution in [0.5, 0.6) is 0 Å². The lowest BCUT2D eigenvalue weighted by atomic mass is 10.0. The maximum atomic E-state index is 5.86. The predicted molar refractivity (Wildman–Crippen MR) is 64.2 cm³/mol. The van der Waals surface area contributed by atoms with E-state index in [1.165, 1.54) is 0 Å². The molecule has 1 heterocycles. The zero-order chi connectivity index (χ0) is 11.5. The number of ether oxygens (including phenoxy) is 1. The Labute approximate surface area is 94.2 Å². The first-order chi connectivity index (χ1) is 6.94. The summed E-state index contributed by atoms with van der Waals surface area (Å²) in [6, 6.07) is 0.626. The SMILES string of the molecule is CC(C)C(C)N(C)CCOC1(C)CNC1. The van der Waals surface area contributed by atoms with E-state index in [1.54, 1.807) is 0 Å². The monoisotopic (exact) mass is 214 g/mol. The summed E-state index contributed by atoms with van der Waals surface area (Å²) in [6.45, 7) is 12.8. The Hall–Kier alpha value is -0.120. The van der Waals surface area contributed by atoms with E-state index in [0.717, 1.165) is 26.2 Å². The molecular weight excluding hydrogens is 188 g/mol. The first kappa shape index (κ1) is 12.9. The van der Waals surface area contributed by atoms with Crippen LogP contribution in [-0.2, 0) is 4.74 Å². The molecule has 0 amide bonds. The van der Waals surface area contributed by atoms with Crippen LogP contribution in [0.4, 0.5) is 0 Å². The van der Waals surface area contributed by atoms with E-state index in [9.17, 15) is 0 Å². The van der Waals surface area contributed by atoms with Crippen LogP contribution < -0.4 is 5.32 Å². The highest BCUT2D eigenvalue weighted by Gasteiger charge is 2.32. The normalized spacial score (nSPS) is 21.8. The van der Waals surface area contributed by atoms with Gasteiger partial charge in [0.15, 0.2) is 0 Å². The van der Waals surface area contributed by atoms with Crippen molar-refractivity contribution in [1.29, 1.82) is 0 Å². The van der Waals surface area contributed by atoms with Crippen LogP contribution in [0.25, 0.3) is 0 Å². The largest absolute Gasteiger partial charge is 0.371 e. The summed E-state index contributed by atoms with van der Waals surface area (Å²) >= 11 is 0. The van der Waals surface area contributed by atoms with Crippen molar-refractivity contribution in [3.05, 3.63) is 0 Å². The molecule has 3 heteroatoms. The maximum Gasteiger partial charge on any atom is 0.0902 e. The van der Waals surface area contributed by atoms with Gasteiger partial charge < -0.3 is 15.0 Å². The van der Waals surface area contributed by atoms with Crippen LogP contribution in [0, 0.1) is 5.92 Å². The molecule has 0 aromatic carbocycles. The van der Waals surface area contributed by atoms with Gasteiger partial charge in [0.05, 0.1) is 12.2 Å². The zero-order valence-corrected chi connectivity index (χ0v) is 10.8. The number of nitrogens with zero attached hydrogens (tertiary/aromatic N) is 1. The lowest BCUT2D eigenvalue weighted by molar-refractivity contribution is -0.0732. The van der Waals surface area contributed by atoms with Crippen molar-refractivity contribution in [1.82, 2.24) is 10.2 Å². The van der Waals surface area contributed by atoms with Crippen molar-refractivity contribution >= 4 is 0 Å². The Morgan fingerprint density at radius 3 is 2.33 bits per heavy atom. The van der Waals surface area contributed by atoms with Crippen LogP contribution in [0.2, 0.25) is 0 Å². The first-order valence-electron chi connectivity index (χ1n) is 5.99. The number of likely N-dealkylation sites (N-methyl/N-ethyl adjacent to an activating group) is 1. The zero-order valence-electron chi connectivity index (χ0n) is 10.8. The van der Waals surface area contributed by atoms with E-state index >= 15 is 0 Å². The van der Waals surface area contributed by atoms with Crippen LogP contribution in [-0.4, -0.2) is 49.8 Å². The molecule has 1 saturated heterocycles. The van der Waals surface area contributed by atoms with E-state index in [4.69, 9.17) is 4.74 Å². The molecule has 90 valence electrons. The number of hydrogen-bond acceptors (Lipinski definition) is 3. The van der Waals surface area contributed by atoms with Crippen molar-refractivity contribution in [2.75, 3.05) is 33.3 Å². The van der Waals surface area contributed by atoms with Gasteiger partial charge in [0, 0.05) is 25.7 Å². The smallest absolute Gasteiger partial charge is 0.0902 e. The first-order valence-corrected chi connectivity index (χ1v) is 5.99. The second kappa shape index (κ2) is 5.28. The van der Waals surface area contributed by atoms with E-state index in [-0.39, 0.29) is 5.60 Å². The fourth-order valence-electron chi connectivity index (χ4n) is 1.73. The average Bonchev–Trinajstić information content (AvgIpc) is 2.13. The molecule has 0 radical (unpaired) electrons. The van der Waals surface area contributed by atoms with Crippen LogP contribution in [0.15, 0.2) is 0 Å². The van der Waals surface area contributed by atoms with Crippen molar-refractivity contribution in [2.45, 2.75) is 39.3 Å². The molecule has 0 bridgehead atoms. The molecule has 0 aromatic heterocycles. The summed E-state index contributed by atoms with van der Waals surface area (Å²) in [5, 5.41) is 3.24. The second-order valence-electron chi connectivity index (χ2n) is 5.37. The van der Waals surface area contributed by atoms with Crippen molar-refractivity contribution < 1.29 is 4.74 Å². The molecular formula is C12H26N2O. The second-order valence-corrected chi connectivity index (χ2v) is 5.37. The maximum absolute atomic E-state index is 5.86. The summed E-state index contributed by atoms with van der Waals surface area (Å²) in [5.41, 5.74) is 0.0991. The summed E-state index contributed by atoms with van der Waals surface area (Å²) < 4.78 is 5.86. The fraction of sp³-hybridized carbons (Fsp3) is 1.00. The molecule has 1 aliphatic heterocycles. The molecule has 1 rings (SSSR count). The van der Waals surface area contributed by atoms with Gasteiger partial charge in [-0.1, -0.05) is 13.8 Å². The van der Waals surface area contributed by atoms with E-state index < -0.39 is 0 Å². The summed E-state index contributed by atoms with van der Waals surface area (Å²) in [4.78, 5) is 2.38. The third-order valence-electron chi connectivity index (χ3n) is 3.55. The number of rotatable bonds is 6. The summed E-state index contributed by atoms with van der Waals surface area (Å²) in [5.74, 6) is 0.705. The molecule has 15 heavy (non-hydrogen) atoms. The number of hydrogen-bond donors (Lipinski definition) is 1. The molecule has 0 saturated carbocycles. The minimum absolute atomic E-state index is 0.0991. The van der Waals surface area contributed by atoms with Gasteiger partial charge in [-0.15, -0.1) is 0 Å². The van der Waals surface area contributed by atoms with Gasteiger partial charge >= 0.3 is 0 Å². The third-order valence-corrected chi connectivity index (χ3v) is 3.55. The molecule has 1 fully saturated rings. The highest BCUT2D eigenvalue weighted by atomic mass is 16.5. The lowest BCUT2D eigenvalue weighted by Gasteiger charge is -2.39. The summed E-state index contributed by atoms with van der Waals surface area (Å²) in [6.07, 6.45) is 0. The lowest BCUT2D eigenvalue weighted by Crippen LogP contribution is -2.59. The Kier molecular flexibility index (Phi) is 4.56. The van der Waals surface area contributed by atoms with Gasteiger partial charge in [0.1, 0.15) is 0 Å². The minimum atomic E-state index is 0.0991. The molecule has 1 aliphatic rings. The molecule has 1 atom stereocenters. The van der Waals surface area contributed by atoms with Gasteiger partial charge in [-0.2, -0.15) is 0 Å². The number of nitrogens with one attached hydrogen (secondary N) is 1.